The fraction of sp³-hybridized carbons (Fsp3) is 0.200. The summed E-state index contributed by atoms with van der Waals surface area (Å²) in [6, 6.07) is 7.08. The van der Waals surface area contributed by atoms with Gasteiger partial charge in [-0.1, -0.05) is 22.8 Å². The monoisotopic (exact) mass is 258 g/mol. The molecule has 0 radical (unpaired) electrons. The molecule has 0 N–H and O–H groups in total. The molecule has 2 aromatic rings. The van der Waals surface area contributed by atoms with E-state index in [1.807, 2.05) is 0 Å². The van der Waals surface area contributed by atoms with Gasteiger partial charge in [-0.2, -0.15) is 4.98 Å². The zero-order valence-corrected chi connectivity index (χ0v) is 9.70. The van der Waals surface area contributed by atoms with Crippen LogP contribution in [0.3, 0.4) is 0 Å². The van der Waals surface area contributed by atoms with Gasteiger partial charge in [0.25, 0.3) is 5.89 Å². The number of ether oxygens (including phenoxy) is 1. The predicted molar refractivity (Wildman–Crippen MR) is 59.6 cm³/mol. The average molecular weight is 259 g/mol. The molecule has 2 rings (SSSR count). The van der Waals surface area contributed by atoms with Crippen molar-refractivity contribution in [2.24, 2.45) is 0 Å². The summed E-state index contributed by atoms with van der Waals surface area (Å²) in [5.41, 5.74) is 0. The first-order valence-electron chi connectivity index (χ1n) is 4.54. The highest BCUT2D eigenvalue weighted by Crippen LogP contribution is 2.18. The van der Waals surface area contributed by atoms with E-state index in [1.54, 1.807) is 24.3 Å². The Morgan fingerprint density at radius 2 is 2.25 bits per heavy atom. The van der Waals surface area contributed by atoms with E-state index in [0.29, 0.717) is 22.5 Å². The third-order valence-electron chi connectivity index (χ3n) is 1.79. The summed E-state index contributed by atoms with van der Waals surface area (Å²) in [5, 5.41) is 4.26. The second-order valence-corrected chi connectivity index (χ2v) is 3.69. The Balaban J connectivity index is 1.96. The van der Waals surface area contributed by atoms with E-state index in [4.69, 9.17) is 32.5 Å². The molecule has 0 unspecified atom stereocenters. The van der Waals surface area contributed by atoms with Crippen molar-refractivity contribution < 1.29 is 9.26 Å². The van der Waals surface area contributed by atoms with Crippen LogP contribution in [0.2, 0.25) is 5.02 Å². The minimum Gasteiger partial charge on any atom is -0.484 e. The molecule has 1 aromatic carbocycles. The van der Waals surface area contributed by atoms with Gasteiger partial charge in [-0.05, 0) is 18.2 Å². The quantitative estimate of drug-likeness (QED) is 0.792. The summed E-state index contributed by atoms with van der Waals surface area (Å²) in [6.07, 6.45) is 0. The number of nitrogens with zero attached hydrogens (tertiary/aromatic N) is 2. The lowest BCUT2D eigenvalue weighted by atomic mass is 10.3. The standard InChI is InChI=1S/C10H8Cl2N2O2/c11-5-9-13-10(16-14-9)6-15-8-3-1-2-7(12)4-8/h1-4H,5-6H2. The van der Waals surface area contributed by atoms with Crippen molar-refractivity contribution in [3.05, 3.63) is 41.0 Å². The highest BCUT2D eigenvalue weighted by Gasteiger charge is 2.05. The Hall–Kier alpha value is -1.26. The van der Waals surface area contributed by atoms with Crippen LogP contribution in [0, 0.1) is 0 Å². The number of halogens is 2. The van der Waals surface area contributed by atoms with Crippen LogP contribution in [0.5, 0.6) is 5.75 Å². The van der Waals surface area contributed by atoms with Crippen LogP contribution in [0.15, 0.2) is 28.8 Å². The summed E-state index contributed by atoms with van der Waals surface area (Å²) in [7, 11) is 0. The molecular weight excluding hydrogens is 251 g/mol. The van der Waals surface area contributed by atoms with Gasteiger partial charge in [-0.15, -0.1) is 11.6 Å². The Kier molecular flexibility index (Phi) is 3.64. The van der Waals surface area contributed by atoms with Crippen LogP contribution in [-0.2, 0) is 12.5 Å². The molecule has 0 bridgehead atoms. The molecule has 1 aromatic heterocycles. The van der Waals surface area contributed by atoms with Crippen LogP contribution < -0.4 is 4.74 Å². The van der Waals surface area contributed by atoms with Gasteiger partial charge < -0.3 is 9.26 Å². The van der Waals surface area contributed by atoms with Crippen LogP contribution in [-0.4, -0.2) is 10.1 Å². The van der Waals surface area contributed by atoms with Gasteiger partial charge in [0.1, 0.15) is 5.75 Å². The Labute approximate surface area is 102 Å². The lowest BCUT2D eigenvalue weighted by Crippen LogP contribution is -1.95. The van der Waals surface area contributed by atoms with E-state index in [-0.39, 0.29) is 12.5 Å². The molecule has 0 aliphatic carbocycles. The van der Waals surface area contributed by atoms with Gasteiger partial charge in [-0.25, -0.2) is 0 Å². The first-order chi connectivity index (χ1) is 7.78. The van der Waals surface area contributed by atoms with Crippen molar-refractivity contribution in [1.29, 1.82) is 0 Å². The molecule has 0 aliphatic rings. The number of benzene rings is 1. The number of hydrogen-bond donors (Lipinski definition) is 0. The fourth-order valence-electron chi connectivity index (χ4n) is 1.10. The van der Waals surface area contributed by atoms with Crippen LogP contribution in [0.4, 0.5) is 0 Å². The van der Waals surface area contributed by atoms with Gasteiger partial charge in [0, 0.05) is 5.02 Å². The van der Waals surface area contributed by atoms with Crippen molar-refractivity contribution in [3.63, 3.8) is 0 Å². The minimum absolute atomic E-state index is 0.199. The maximum Gasteiger partial charge on any atom is 0.264 e. The van der Waals surface area contributed by atoms with E-state index >= 15 is 0 Å². The van der Waals surface area contributed by atoms with Gasteiger partial charge >= 0.3 is 0 Å². The smallest absolute Gasteiger partial charge is 0.264 e. The largest absolute Gasteiger partial charge is 0.484 e. The molecular formula is C10H8Cl2N2O2. The number of alkyl halides is 1. The highest BCUT2D eigenvalue weighted by atomic mass is 35.5. The van der Waals surface area contributed by atoms with E-state index in [2.05, 4.69) is 10.1 Å². The molecule has 0 amide bonds. The summed E-state index contributed by atoms with van der Waals surface area (Å²) in [5.74, 6) is 1.71. The van der Waals surface area contributed by atoms with Gasteiger partial charge in [0.15, 0.2) is 12.4 Å². The van der Waals surface area contributed by atoms with Crippen molar-refractivity contribution >= 4 is 23.2 Å². The number of hydrogen-bond acceptors (Lipinski definition) is 4. The summed E-state index contributed by atoms with van der Waals surface area (Å²) >= 11 is 11.3. The fourth-order valence-corrected chi connectivity index (χ4v) is 1.39. The molecule has 0 atom stereocenters. The summed E-state index contributed by atoms with van der Waals surface area (Å²) in [6.45, 7) is 0.199. The number of rotatable bonds is 4. The van der Waals surface area contributed by atoms with Gasteiger partial charge in [0.2, 0.25) is 0 Å². The topological polar surface area (TPSA) is 48.2 Å². The first kappa shape index (κ1) is 11.2. The van der Waals surface area contributed by atoms with E-state index < -0.39 is 0 Å². The van der Waals surface area contributed by atoms with Gasteiger partial charge in [0.05, 0.1) is 5.88 Å². The van der Waals surface area contributed by atoms with Crippen LogP contribution in [0.1, 0.15) is 11.7 Å². The zero-order chi connectivity index (χ0) is 11.4. The number of aromatic nitrogens is 2. The molecule has 1 heterocycles. The second kappa shape index (κ2) is 5.18. The molecule has 84 valence electrons. The molecule has 0 saturated heterocycles. The van der Waals surface area contributed by atoms with Gasteiger partial charge in [-0.3, -0.25) is 0 Å². The first-order valence-corrected chi connectivity index (χ1v) is 5.45. The molecule has 6 heteroatoms. The van der Waals surface area contributed by atoms with Crippen molar-refractivity contribution in [1.82, 2.24) is 10.1 Å². The van der Waals surface area contributed by atoms with Crippen molar-refractivity contribution in [3.8, 4) is 5.75 Å². The lowest BCUT2D eigenvalue weighted by Gasteiger charge is -2.02. The SMILES string of the molecule is ClCc1noc(COc2cccc(Cl)c2)n1. The van der Waals surface area contributed by atoms with E-state index in [1.165, 1.54) is 0 Å². The predicted octanol–water partition coefficient (Wildman–Crippen LogP) is 3.04. The maximum atomic E-state index is 5.80. The van der Waals surface area contributed by atoms with E-state index in [9.17, 15) is 0 Å². The third-order valence-corrected chi connectivity index (χ3v) is 2.26. The normalized spacial score (nSPS) is 10.4. The Morgan fingerprint density at radius 1 is 1.38 bits per heavy atom. The van der Waals surface area contributed by atoms with Crippen molar-refractivity contribution in [2.45, 2.75) is 12.5 Å². The summed E-state index contributed by atoms with van der Waals surface area (Å²) in [4.78, 5) is 4.00. The lowest BCUT2D eigenvalue weighted by molar-refractivity contribution is 0.242. The Morgan fingerprint density at radius 3 is 2.94 bits per heavy atom. The summed E-state index contributed by atoms with van der Waals surface area (Å²) < 4.78 is 10.3. The Bertz CT molecular complexity index is 473. The van der Waals surface area contributed by atoms with E-state index in [0.717, 1.165) is 0 Å². The molecule has 0 spiro atoms. The minimum atomic E-state index is 0.199. The molecule has 16 heavy (non-hydrogen) atoms. The third kappa shape index (κ3) is 2.87. The van der Waals surface area contributed by atoms with Crippen molar-refractivity contribution in [2.75, 3.05) is 0 Å². The maximum absolute atomic E-state index is 5.80. The molecule has 0 saturated carbocycles. The second-order valence-electron chi connectivity index (χ2n) is 2.98. The molecule has 4 nitrogen and oxygen atoms in total. The average Bonchev–Trinajstić information content (AvgIpc) is 2.74. The van der Waals surface area contributed by atoms with Crippen LogP contribution >= 0.6 is 23.2 Å². The molecule has 0 aliphatic heterocycles. The van der Waals surface area contributed by atoms with Crippen LogP contribution in [0.25, 0.3) is 0 Å². The molecule has 0 fully saturated rings. The zero-order valence-electron chi connectivity index (χ0n) is 8.19. The highest BCUT2D eigenvalue weighted by molar-refractivity contribution is 6.30.